The van der Waals surface area contributed by atoms with Crippen LogP contribution in [0.2, 0.25) is 5.02 Å². The van der Waals surface area contributed by atoms with E-state index in [0.29, 0.717) is 4.90 Å². The van der Waals surface area contributed by atoms with Gasteiger partial charge in [0.2, 0.25) is 5.91 Å². The van der Waals surface area contributed by atoms with Crippen LogP contribution in [0.15, 0.2) is 18.2 Å². The Morgan fingerprint density at radius 1 is 1.30 bits per heavy atom. The molecule has 0 atom stereocenters. The minimum atomic E-state index is -1.32. The molecule has 20 heavy (non-hydrogen) atoms. The van der Waals surface area contributed by atoms with Gasteiger partial charge in [0.15, 0.2) is 0 Å². The number of hydrogen-bond donors (Lipinski definition) is 3. The number of rotatable bonds is 5. The second kappa shape index (κ2) is 6.71. The lowest BCUT2D eigenvalue weighted by Gasteiger charge is -2.19. The number of nitrogens with two attached hydrogens (primary N) is 1. The Labute approximate surface area is 118 Å². The van der Waals surface area contributed by atoms with Crippen LogP contribution in [0, 0.1) is 5.82 Å². The quantitative estimate of drug-likeness (QED) is 0.749. The molecule has 9 heteroatoms. The predicted octanol–water partition coefficient (Wildman–Crippen LogP) is 0.883. The lowest BCUT2D eigenvalue weighted by molar-refractivity contribution is -0.137. The van der Waals surface area contributed by atoms with E-state index in [-0.39, 0.29) is 10.7 Å². The van der Waals surface area contributed by atoms with Crippen LogP contribution in [0.25, 0.3) is 0 Å². The van der Waals surface area contributed by atoms with E-state index in [1.165, 1.54) is 6.07 Å². The second-order valence-corrected chi connectivity index (χ2v) is 4.24. The van der Waals surface area contributed by atoms with Crippen molar-refractivity contribution in [1.82, 2.24) is 4.90 Å². The number of carboxylic acids is 1. The molecule has 108 valence electrons. The van der Waals surface area contributed by atoms with Gasteiger partial charge in [-0.25, -0.2) is 9.18 Å². The number of nitrogens with one attached hydrogen (secondary N) is 1. The van der Waals surface area contributed by atoms with E-state index in [1.54, 1.807) is 0 Å². The summed E-state index contributed by atoms with van der Waals surface area (Å²) in [6.45, 7) is -1.31. The first-order chi connectivity index (χ1) is 9.27. The molecule has 0 aliphatic heterocycles. The number of amides is 3. The third-order valence-electron chi connectivity index (χ3n) is 2.07. The molecule has 0 aliphatic rings. The minimum Gasteiger partial charge on any atom is -0.480 e. The van der Waals surface area contributed by atoms with Crippen molar-refractivity contribution in [2.45, 2.75) is 0 Å². The van der Waals surface area contributed by atoms with Crippen molar-refractivity contribution < 1.29 is 23.9 Å². The molecular weight excluding hydrogens is 293 g/mol. The molecule has 0 saturated carbocycles. The van der Waals surface area contributed by atoms with Crippen LogP contribution in [-0.4, -0.2) is 41.0 Å². The van der Waals surface area contributed by atoms with Crippen LogP contribution in [0.3, 0.4) is 0 Å². The molecule has 0 heterocycles. The van der Waals surface area contributed by atoms with Crippen LogP contribution >= 0.6 is 11.6 Å². The zero-order chi connectivity index (χ0) is 15.3. The number of halogens is 2. The van der Waals surface area contributed by atoms with Gasteiger partial charge in [-0.1, -0.05) is 11.6 Å². The molecule has 1 aromatic carbocycles. The Balaban J connectivity index is 2.83. The molecule has 7 nitrogen and oxygen atoms in total. The molecule has 1 aromatic rings. The van der Waals surface area contributed by atoms with Gasteiger partial charge in [-0.05, 0) is 18.2 Å². The fourth-order valence-corrected chi connectivity index (χ4v) is 1.60. The number of carboxylic acid groups (broad SMARTS) is 1. The first-order valence-electron chi connectivity index (χ1n) is 5.30. The smallest absolute Gasteiger partial charge is 0.323 e. The van der Waals surface area contributed by atoms with Gasteiger partial charge in [-0.15, -0.1) is 0 Å². The van der Waals surface area contributed by atoms with Crippen molar-refractivity contribution in [2.24, 2.45) is 5.73 Å². The summed E-state index contributed by atoms with van der Waals surface area (Å²) in [7, 11) is 0. The van der Waals surface area contributed by atoms with Crippen molar-refractivity contribution in [2.75, 3.05) is 18.4 Å². The van der Waals surface area contributed by atoms with Crippen molar-refractivity contribution in [3.63, 3.8) is 0 Å². The van der Waals surface area contributed by atoms with E-state index < -0.39 is 36.8 Å². The van der Waals surface area contributed by atoms with Crippen LogP contribution in [-0.2, 0) is 9.59 Å². The number of nitrogens with zero attached hydrogens (tertiary/aromatic N) is 1. The van der Waals surface area contributed by atoms with Crippen LogP contribution < -0.4 is 11.1 Å². The molecule has 0 saturated heterocycles. The second-order valence-electron chi connectivity index (χ2n) is 3.80. The molecule has 0 bridgehead atoms. The first kappa shape index (κ1) is 15.7. The molecule has 1 rings (SSSR count). The average molecular weight is 304 g/mol. The third kappa shape index (κ3) is 5.11. The maximum atomic E-state index is 13.1. The maximum Gasteiger partial charge on any atom is 0.323 e. The van der Waals surface area contributed by atoms with E-state index in [9.17, 15) is 18.8 Å². The van der Waals surface area contributed by atoms with Crippen LogP contribution in [0.5, 0.6) is 0 Å². The summed E-state index contributed by atoms with van der Waals surface area (Å²) in [5.74, 6) is -2.87. The molecular formula is C11H11ClFN3O4. The highest BCUT2D eigenvalue weighted by Crippen LogP contribution is 2.18. The van der Waals surface area contributed by atoms with Crippen molar-refractivity contribution in [1.29, 1.82) is 0 Å². The number of primary amides is 1. The molecule has 0 unspecified atom stereocenters. The minimum absolute atomic E-state index is 0.0276. The Morgan fingerprint density at radius 2 is 1.95 bits per heavy atom. The van der Waals surface area contributed by atoms with E-state index in [1.807, 2.05) is 0 Å². The number of hydrogen-bond acceptors (Lipinski definition) is 3. The monoisotopic (exact) mass is 303 g/mol. The molecule has 0 aromatic heterocycles. The number of urea groups is 1. The van der Waals surface area contributed by atoms with E-state index >= 15 is 0 Å². The summed E-state index contributed by atoms with van der Waals surface area (Å²) in [6, 6.07) is 2.39. The summed E-state index contributed by atoms with van der Waals surface area (Å²) in [5.41, 5.74) is 4.94. The van der Waals surface area contributed by atoms with Gasteiger partial charge in [0.05, 0.1) is 0 Å². The Morgan fingerprint density at radius 3 is 2.45 bits per heavy atom. The lowest BCUT2D eigenvalue weighted by Crippen LogP contribution is -2.43. The topological polar surface area (TPSA) is 113 Å². The summed E-state index contributed by atoms with van der Waals surface area (Å²) in [5, 5.41) is 10.9. The van der Waals surface area contributed by atoms with Crippen molar-refractivity contribution >= 4 is 35.2 Å². The van der Waals surface area contributed by atoms with Gasteiger partial charge in [0.1, 0.15) is 18.9 Å². The molecule has 0 radical (unpaired) electrons. The Bertz CT molecular complexity index is 516. The maximum absolute atomic E-state index is 13.1. The van der Waals surface area contributed by atoms with Gasteiger partial charge in [-0.3, -0.25) is 9.59 Å². The number of carbonyl (C=O) groups excluding carboxylic acids is 2. The average Bonchev–Trinajstić information content (AvgIpc) is 2.24. The lowest BCUT2D eigenvalue weighted by atomic mass is 10.3. The zero-order valence-electron chi connectivity index (χ0n) is 10.1. The molecule has 0 fully saturated rings. The fourth-order valence-electron chi connectivity index (χ4n) is 1.38. The van der Waals surface area contributed by atoms with E-state index in [4.69, 9.17) is 22.4 Å². The van der Waals surface area contributed by atoms with Gasteiger partial charge >= 0.3 is 12.0 Å². The number of aliphatic carboxylic acids is 1. The largest absolute Gasteiger partial charge is 0.480 e. The van der Waals surface area contributed by atoms with Gasteiger partial charge in [-0.2, -0.15) is 0 Å². The van der Waals surface area contributed by atoms with E-state index in [0.717, 1.165) is 12.1 Å². The van der Waals surface area contributed by atoms with Crippen molar-refractivity contribution in [3.8, 4) is 0 Å². The standard InChI is InChI=1S/C11H11ClFN3O4/c12-6-1-7(13)3-8(2-6)15-11(20)16(4-9(14)17)5-10(18)19/h1-3H,4-5H2,(H2,14,17)(H,15,20)(H,18,19). The molecule has 3 amide bonds. The number of benzene rings is 1. The molecule has 0 spiro atoms. The van der Waals surface area contributed by atoms with Gasteiger partial charge < -0.3 is 21.1 Å². The number of carbonyl (C=O) groups is 3. The highest BCUT2D eigenvalue weighted by atomic mass is 35.5. The van der Waals surface area contributed by atoms with Crippen LogP contribution in [0.1, 0.15) is 0 Å². The summed E-state index contributed by atoms with van der Waals surface area (Å²) in [4.78, 5) is 33.8. The normalized spacial score (nSPS) is 9.90. The van der Waals surface area contributed by atoms with Crippen LogP contribution in [0.4, 0.5) is 14.9 Å². The molecule has 0 aliphatic carbocycles. The summed E-state index contributed by atoms with van der Waals surface area (Å²) in [6.07, 6.45) is 0. The molecule has 4 N–H and O–H groups in total. The predicted molar refractivity (Wildman–Crippen MR) is 68.8 cm³/mol. The fraction of sp³-hybridized carbons (Fsp3) is 0.182. The Hall–Kier alpha value is -2.35. The van der Waals surface area contributed by atoms with E-state index in [2.05, 4.69) is 5.32 Å². The SMILES string of the molecule is NC(=O)CN(CC(=O)O)C(=O)Nc1cc(F)cc(Cl)c1. The first-order valence-corrected chi connectivity index (χ1v) is 5.68. The third-order valence-corrected chi connectivity index (χ3v) is 2.29. The van der Waals surface area contributed by atoms with Crippen molar-refractivity contribution in [3.05, 3.63) is 29.0 Å². The highest BCUT2D eigenvalue weighted by molar-refractivity contribution is 6.30. The summed E-state index contributed by atoms with van der Waals surface area (Å²) >= 11 is 5.61. The van der Waals surface area contributed by atoms with Gasteiger partial charge in [0.25, 0.3) is 0 Å². The van der Waals surface area contributed by atoms with Gasteiger partial charge in [0, 0.05) is 10.7 Å². The number of anilines is 1. The Kier molecular flexibility index (Phi) is 5.27. The highest BCUT2D eigenvalue weighted by Gasteiger charge is 2.19. The zero-order valence-corrected chi connectivity index (χ0v) is 10.9. The summed E-state index contributed by atoms with van der Waals surface area (Å²) < 4.78 is 13.1.